The molecule has 5 heteroatoms. The molecule has 0 aromatic heterocycles. The maximum absolute atomic E-state index is 12.5. The molecule has 0 spiro atoms. The molecule has 1 aromatic rings. The molecule has 0 N–H and O–H groups in total. The van der Waals surface area contributed by atoms with Crippen LogP contribution in [0.1, 0.15) is 6.42 Å². The summed E-state index contributed by atoms with van der Waals surface area (Å²) in [5, 5.41) is 0. The molecule has 94 valence electrons. The van der Waals surface area contributed by atoms with Crippen LogP contribution in [-0.2, 0) is 4.79 Å². The van der Waals surface area contributed by atoms with Gasteiger partial charge in [0, 0.05) is 13.6 Å². The van der Waals surface area contributed by atoms with Crippen LogP contribution in [0.5, 0.6) is 5.75 Å². The number of hydrogen-bond acceptors (Lipinski definition) is 2. The first-order chi connectivity index (χ1) is 8.11. The van der Waals surface area contributed by atoms with Crippen molar-refractivity contribution in [3.05, 3.63) is 30.3 Å². The van der Waals surface area contributed by atoms with Crippen molar-refractivity contribution in [1.82, 2.24) is 4.90 Å². The third-order valence-corrected chi connectivity index (χ3v) is 2.40. The molecule has 0 saturated heterocycles. The Kier molecular flexibility index (Phi) is 5.77. The molecule has 1 aromatic carbocycles. The molecule has 1 atom stereocenters. The average Bonchev–Trinajstić information content (AvgIpc) is 2.34. The molecule has 1 rings (SSSR count). The van der Waals surface area contributed by atoms with Gasteiger partial charge in [-0.15, -0.1) is 0 Å². The second-order valence-corrected chi connectivity index (χ2v) is 3.96. The van der Waals surface area contributed by atoms with E-state index < -0.39 is 11.5 Å². The van der Waals surface area contributed by atoms with Crippen LogP contribution in [0.3, 0.4) is 0 Å². The van der Waals surface area contributed by atoms with Crippen molar-refractivity contribution in [3.8, 4) is 5.75 Å². The fourth-order valence-electron chi connectivity index (χ4n) is 1.29. The predicted octanol–water partition coefficient (Wildman–Crippen LogP) is 2.45. The highest BCUT2D eigenvalue weighted by atomic mass is 35.5. The summed E-state index contributed by atoms with van der Waals surface area (Å²) in [6, 6.07) is 9.37. The first kappa shape index (κ1) is 13.8. The number of amides is 1. The van der Waals surface area contributed by atoms with Crippen molar-refractivity contribution in [3.63, 3.8) is 0 Å². The Hall–Kier alpha value is -1.29. The van der Waals surface area contributed by atoms with Gasteiger partial charge in [0.1, 0.15) is 5.75 Å². The van der Waals surface area contributed by atoms with E-state index in [0.717, 1.165) is 5.75 Å². The van der Waals surface area contributed by atoms with Gasteiger partial charge in [0.05, 0.1) is 6.61 Å². The molecule has 1 amide bonds. The van der Waals surface area contributed by atoms with Crippen LogP contribution in [0.25, 0.3) is 0 Å². The number of nitrogens with zero attached hydrogens (tertiary/aromatic N) is 1. The Balaban J connectivity index is 2.18. The van der Waals surface area contributed by atoms with Crippen molar-refractivity contribution >= 4 is 17.5 Å². The minimum Gasteiger partial charge on any atom is -0.494 e. The molecular formula is C12H15ClFNO2. The predicted molar refractivity (Wildman–Crippen MR) is 64.9 cm³/mol. The maximum Gasteiger partial charge on any atom is 0.272 e. The number of benzene rings is 1. The molecule has 1 unspecified atom stereocenters. The van der Waals surface area contributed by atoms with E-state index in [1.54, 1.807) is 0 Å². The van der Waals surface area contributed by atoms with Crippen LogP contribution < -0.4 is 4.74 Å². The molecule has 0 heterocycles. The first-order valence-electron chi connectivity index (χ1n) is 5.32. The molecule has 0 aliphatic carbocycles. The molecule has 0 saturated carbocycles. The lowest BCUT2D eigenvalue weighted by molar-refractivity contribution is -0.132. The smallest absolute Gasteiger partial charge is 0.272 e. The number of carbonyl (C=O) groups is 1. The number of ether oxygens (including phenoxy) is 1. The van der Waals surface area contributed by atoms with E-state index in [1.807, 2.05) is 30.3 Å². The van der Waals surface area contributed by atoms with E-state index in [4.69, 9.17) is 16.3 Å². The Morgan fingerprint density at radius 1 is 1.47 bits per heavy atom. The lowest BCUT2D eigenvalue weighted by Gasteiger charge is -2.16. The second kappa shape index (κ2) is 7.12. The van der Waals surface area contributed by atoms with Crippen LogP contribution in [0.15, 0.2) is 30.3 Å². The number of alkyl halides is 2. The Morgan fingerprint density at radius 2 is 2.12 bits per heavy atom. The number of hydrogen-bond donors (Lipinski definition) is 0. The van der Waals surface area contributed by atoms with Gasteiger partial charge in [-0.05, 0) is 18.6 Å². The third kappa shape index (κ3) is 5.04. The minimum atomic E-state index is -1.96. The van der Waals surface area contributed by atoms with E-state index in [2.05, 4.69) is 0 Å². The van der Waals surface area contributed by atoms with Crippen LogP contribution >= 0.6 is 11.6 Å². The van der Waals surface area contributed by atoms with Gasteiger partial charge >= 0.3 is 0 Å². The van der Waals surface area contributed by atoms with Crippen molar-refractivity contribution in [1.29, 1.82) is 0 Å². The highest BCUT2D eigenvalue weighted by molar-refractivity contribution is 6.29. The van der Waals surface area contributed by atoms with Crippen molar-refractivity contribution < 1.29 is 13.9 Å². The molecule has 0 aliphatic heterocycles. The zero-order valence-corrected chi connectivity index (χ0v) is 10.4. The van der Waals surface area contributed by atoms with Crippen LogP contribution in [0.2, 0.25) is 0 Å². The normalized spacial score (nSPS) is 11.9. The summed E-state index contributed by atoms with van der Waals surface area (Å²) in [6.45, 7) is 0.889. The summed E-state index contributed by atoms with van der Waals surface area (Å²) in [7, 11) is 1.51. The van der Waals surface area contributed by atoms with Gasteiger partial charge in [-0.25, -0.2) is 4.39 Å². The molecule has 0 fully saturated rings. The minimum absolute atomic E-state index is 0.415. The van der Waals surface area contributed by atoms with E-state index in [0.29, 0.717) is 19.6 Å². The molecule has 0 radical (unpaired) electrons. The van der Waals surface area contributed by atoms with Crippen LogP contribution in [0, 0.1) is 0 Å². The fourth-order valence-corrected chi connectivity index (χ4v) is 1.45. The lowest BCUT2D eigenvalue weighted by atomic mass is 10.3. The molecule has 0 aliphatic rings. The van der Waals surface area contributed by atoms with Crippen LogP contribution in [-0.4, -0.2) is 36.6 Å². The largest absolute Gasteiger partial charge is 0.494 e. The summed E-state index contributed by atoms with van der Waals surface area (Å²) in [4.78, 5) is 12.3. The topological polar surface area (TPSA) is 29.5 Å². The van der Waals surface area contributed by atoms with Crippen molar-refractivity contribution in [2.24, 2.45) is 0 Å². The summed E-state index contributed by atoms with van der Waals surface area (Å²) >= 11 is 5.04. The Bertz CT molecular complexity index is 346. The summed E-state index contributed by atoms with van der Waals surface area (Å²) < 4.78 is 17.9. The molecule has 0 bridgehead atoms. The highest BCUT2D eigenvalue weighted by Crippen LogP contribution is 2.08. The Morgan fingerprint density at radius 3 is 2.71 bits per heavy atom. The van der Waals surface area contributed by atoms with E-state index >= 15 is 0 Å². The SMILES string of the molecule is CN(CCCOc1ccccc1)C(=O)C(F)Cl. The summed E-state index contributed by atoms with van der Waals surface area (Å²) in [6.07, 6.45) is 0.626. The first-order valence-corrected chi connectivity index (χ1v) is 5.76. The summed E-state index contributed by atoms with van der Waals surface area (Å²) in [5.41, 5.74) is -1.96. The Labute approximate surface area is 105 Å². The number of para-hydroxylation sites is 1. The number of halogens is 2. The average molecular weight is 260 g/mol. The standard InChI is InChI=1S/C12H15ClFNO2/c1-15(12(16)11(13)14)8-5-9-17-10-6-3-2-4-7-10/h2-4,6-7,11H,5,8-9H2,1H3. The lowest BCUT2D eigenvalue weighted by Crippen LogP contribution is -2.33. The maximum atomic E-state index is 12.5. The van der Waals surface area contributed by atoms with Gasteiger partial charge in [0.25, 0.3) is 11.5 Å². The third-order valence-electron chi connectivity index (χ3n) is 2.21. The number of carbonyl (C=O) groups excluding carboxylic acids is 1. The molecule has 3 nitrogen and oxygen atoms in total. The zero-order chi connectivity index (χ0) is 12.7. The van der Waals surface area contributed by atoms with Gasteiger partial charge in [0.2, 0.25) is 0 Å². The van der Waals surface area contributed by atoms with Gasteiger partial charge in [-0.1, -0.05) is 29.8 Å². The van der Waals surface area contributed by atoms with Crippen molar-refractivity contribution in [2.45, 2.75) is 12.1 Å². The van der Waals surface area contributed by atoms with Gasteiger partial charge in [0.15, 0.2) is 0 Å². The molecular weight excluding hydrogens is 245 g/mol. The van der Waals surface area contributed by atoms with E-state index in [-0.39, 0.29) is 0 Å². The summed E-state index contributed by atoms with van der Waals surface area (Å²) in [5.74, 6) is 0.0635. The van der Waals surface area contributed by atoms with Gasteiger partial charge < -0.3 is 9.64 Å². The number of rotatable bonds is 6. The van der Waals surface area contributed by atoms with Crippen LogP contribution in [0.4, 0.5) is 4.39 Å². The van der Waals surface area contributed by atoms with Gasteiger partial charge in [-0.3, -0.25) is 4.79 Å². The monoisotopic (exact) mass is 259 g/mol. The van der Waals surface area contributed by atoms with Crippen molar-refractivity contribution in [2.75, 3.05) is 20.2 Å². The second-order valence-electron chi connectivity index (χ2n) is 3.58. The van der Waals surface area contributed by atoms with E-state index in [9.17, 15) is 9.18 Å². The zero-order valence-electron chi connectivity index (χ0n) is 9.61. The highest BCUT2D eigenvalue weighted by Gasteiger charge is 2.17. The quantitative estimate of drug-likeness (QED) is 0.580. The van der Waals surface area contributed by atoms with E-state index in [1.165, 1.54) is 11.9 Å². The molecule has 17 heavy (non-hydrogen) atoms. The fraction of sp³-hybridized carbons (Fsp3) is 0.417. The van der Waals surface area contributed by atoms with Gasteiger partial charge in [-0.2, -0.15) is 0 Å².